The van der Waals surface area contributed by atoms with Gasteiger partial charge in [-0.2, -0.15) is 9.64 Å². The van der Waals surface area contributed by atoms with E-state index in [-0.39, 0.29) is 6.04 Å². The van der Waals surface area contributed by atoms with Crippen molar-refractivity contribution in [1.82, 2.24) is 4.37 Å². The Morgan fingerprint density at radius 1 is 1.50 bits per heavy atom. The van der Waals surface area contributed by atoms with E-state index in [1.807, 2.05) is 6.07 Å². The molecule has 0 saturated carbocycles. The van der Waals surface area contributed by atoms with Crippen molar-refractivity contribution in [3.05, 3.63) is 28.0 Å². The third-order valence-corrected chi connectivity index (χ3v) is 4.38. The number of hydrogen-bond acceptors (Lipinski definition) is 6. The largest absolute Gasteiger partial charge is 0.382 e. The van der Waals surface area contributed by atoms with Crippen LogP contribution in [0.3, 0.4) is 0 Å². The van der Waals surface area contributed by atoms with Gasteiger partial charge in [-0.25, -0.2) is 0 Å². The molecule has 1 atom stereocenters. The van der Waals surface area contributed by atoms with E-state index >= 15 is 0 Å². The minimum atomic E-state index is 0.178. The molecule has 0 saturated heterocycles. The number of nitrogens with zero attached hydrogens (tertiary/aromatic N) is 2. The van der Waals surface area contributed by atoms with Crippen LogP contribution < -0.4 is 11.1 Å². The third kappa shape index (κ3) is 2.47. The van der Waals surface area contributed by atoms with Gasteiger partial charge in [0.2, 0.25) is 0 Å². The number of nitrogen functional groups attached to an aromatic ring is 1. The van der Waals surface area contributed by atoms with Crippen LogP contribution in [0.2, 0.25) is 0 Å². The second-order valence-electron chi connectivity index (χ2n) is 4.27. The van der Waals surface area contributed by atoms with Gasteiger partial charge in [-0.05, 0) is 28.9 Å². The van der Waals surface area contributed by atoms with Crippen LogP contribution in [-0.4, -0.2) is 4.37 Å². The Labute approximate surface area is 114 Å². The third-order valence-electron chi connectivity index (χ3n) is 2.63. The Balaban J connectivity index is 2.28. The normalized spacial score (nSPS) is 12.3. The molecule has 0 aliphatic carbocycles. The van der Waals surface area contributed by atoms with Crippen molar-refractivity contribution >= 4 is 33.7 Å². The van der Waals surface area contributed by atoms with Crippen LogP contribution in [0.5, 0.6) is 0 Å². The summed E-state index contributed by atoms with van der Waals surface area (Å²) in [6.45, 7) is 4.29. The lowest BCUT2D eigenvalue weighted by atomic mass is 10.0. The molecule has 0 aromatic carbocycles. The average molecular weight is 278 g/mol. The average Bonchev–Trinajstić information content (AvgIpc) is 2.95. The van der Waals surface area contributed by atoms with Gasteiger partial charge in [0.15, 0.2) is 5.82 Å². The number of rotatable bonds is 4. The minimum Gasteiger partial charge on any atom is -0.382 e. The maximum atomic E-state index is 9.07. The Hall–Kier alpha value is -1.58. The van der Waals surface area contributed by atoms with Gasteiger partial charge < -0.3 is 11.1 Å². The fraction of sp³-hybridized carbons (Fsp3) is 0.333. The fourth-order valence-corrected chi connectivity index (χ4v) is 3.34. The molecule has 0 amide bonds. The van der Waals surface area contributed by atoms with Crippen LogP contribution in [0.4, 0.5) is 10.8 Å². The second kappa shape index (κ2) is 5.38. The van der Waals surface area contributed by atoms with E-state index in [2.05, 4.69) is 41.1 Å². The Morgan fingerprint density at radius 2 is 2.28 bits per heavy atom. The molecule has 2 rings (SSSR count). The summed E-state index contributed by atoms with van der Waals surface area (Å²) in [5.41, 5.74) is 6.11. The summed E-state index contributed by atoms with van der Waals surface area (Å²) in [5.74, 6) is 0.720. The van der Waals surface area contributed by atoms with Gasteiger partial charge in [-0.1, -0.05) is 19.9 Å². The predicted molar refractivity (Wildman–Crippen MR) is 76.8 cm³/mol. The molecule has 2 aromatic heterocycles. The van der Waals surface area contributed by atoms with Crippen LogP contribution in [0.15, 0.2) is 17.5 Å². The van der Waals surface area contributed by atoms with Crippen LogP contribution in [0, 0.1) is 17.2 Å². The van der Waals surface area contributed by atoms with Gasteiger partial charge in [-0.15, -0.1) is 11.3 Å². The lowest BCUT2D eigenvalue weighted by Gasteiger charge is -2.21. The molecule has 6 heteroatoms. The van der Waals surface area contributed by atoms with Gasteiger partial charge in [0, 0.05) is 4.88 Å². The summed E-state index contributed by atoms with van der Waals surface area (Å²) in [6.07, 6.45) is 0. The van der Waals surface area contributed by atoms with Crippen LogP contribution in [0.25, 0.3) is 0 Å². The molecule has 3 N–H and O–H groups in total. The summed E-state index contributed by atoms with van der Waals surface area (Å²) in [5, 5.41) is 15.3. The van der Waals surface area contributed by atoms with Crippen molar-refractivity contribution in [1.29, 1.82) is 5.26 Å². The van der Waals surface area contributed by atoms with Crippen molar-refractivity contribution in [2.45, 2.75) is 19.9 Å². The monoisotopic (exact) mass is 278 g/mol. The molecule has 18 heavy (non-hydrogen) atoms. The fourth-order valence-electron chi connectivity index (χ4n) is 1.68. The molecule has 2 aromatic rings. The smallest absolute Gasteiger partial charge is 0.157 e. The second-order valence-corrected chi connectivity index (χ2v) is 6.02. The first kappa shape index (κ1) is 12.9. The standard InChI is InChI=1S/C12H14N4S2/c1-7(2)10(9-4-3-5-17-9)15-12-8(6-13)11(14)16-18-12/h3-5,7,10,15H,1-2H3,(H2,14,16). The zero-order chi connectivity index (χ0) is 13.1. The highest BCUT2D eigenvalue weighted by molar-refractivity contribution is 7.11. The van der Waals surface area contributed by atoms with E-state index in [1.165, 1.54) is 16.4 Å². The van der Waals surface area contributed by atoms with Gasteiger partial charge in [0.1, 0.15) is 16.6 Å². The van der Waals surface area contributed by atoms with Gasteiger partial charge in [0.25, 0.3) is 0 Å². The van der Waals surface area contributed by atoms with E-state index in [4.69, 9.17) is 11.0 Å². The van der Waals surface area contributed by atoms with E-state index in [0.29, 0.717) is 17.3 Å². The minimum absolute atomic E-state index is 0.178. The van der Waals surface area contributed by atoms with Crippen molar-refractivity contribution in [3.63, 3.8) is 0 Å². The highest BCUT2D eigenvalue weighted by atomic mass is 32.1. The van der Waals surface area contributed by atoms with E-state index in [9.17, 15) is 0 Å². The van der Waals surface area contributed by atoms with Crippen LogP contribution in [-0.2, 0) is 0 Å². The Bertz CT molecular complexity index is 551. The number of nitriles is 1. The SMILES string of the molecule is CC(C)C(Nc1snc(N)c1C#N)c1cccs1. The molecule has 94 valence electrons. The number of aromatic nitrogens is 1. The summed E-state index contributed by atoms with van der Waals surface area (Å²) in [7, 11) is 0. The molecule has 4 nitrogen and oxygen atoms in total. The predicted octanol–water partition coefficient (Wildman–Crippen LogP) is 3.47. The molecule has 0 fully saturated rings. The zero-order valence-corrected chi connectivity index (χ0v) is 11.8. The first-order valence-electron chi connectivity index (χ1n) is 5.58. The molecule has 2 heterocycles. The molecular formula is C12H14N4S2. The van der Waals surface area contributed by atoms with E-state index in [0.717, 1.165) is 5.00 Å². The molecule has 1 unspecified atom stereocenters. The number of nitrogens with two attached hydrogens (primary N) is 1. The molecule has 0 aliphatic rings. The molecule has 0 spiro atoms. The lowest BCUT2D eigenvalue weighted by molar-refractivity contribution is 0.555. The zero-order valence-electron chi connectivity index (χ0n) is 10.2. The van der Waals surface area contributed by atoms with Crippen LogP contribution in [0.1, 0.15) is 30.3 Å². The quantitative estimate of drug-likeness (QED) is 0.898. The summed E-state index contributed by atoms with van der Waals surface area (Å²) < 4.78 is 4.02. The number of thiophene rings is 1. The van der Waals surface area contributed by atoms with Crippen molar-refractivity contribution in [3.8, 4) is 6.07 Å². The Morgan fingerprint density at radius 3 is 2.83 bits per heavy atom. The van der Waals surface area contributed by atoms with E-state index in [1.54, 1.807) is 11.3 Å². The van der Waals surface area contributed by atoms with Gasteiger partial charge in [0.05, 0.1) is 6.04 Å². The Kier molecular flexibility index (Phi) is 3.84. The van der Waals surface area contributed by atoms with Gasteiger partial charge >= 0.3 is 0 Å². The first-order valence-corrected chi connectivity index (χ1v) is 7.24. The lowest BCUT2D eigenvalue weighted by Crippen LogP contribution is -2.15. The van der Waals surface area contributed by atoms with Crippen molar-refractivity contribution < 1.29 is 0 Å². The molecule has 0 aliphatic heterocycles. The number of anilines is 2. The van der Waals surface area contributed by atoms with Gasteiger partial charge in [-0.3, -0.25) is 0 Å². The van der Waals surface area contributed by atoms with E-state index < -0.39 is 0 Å². The topological polar surface area (TPSA) is 74.7 Å². The maximum Gasteiger partial charge on any atom is 0.157 e. The summed E-state index contributed by atoms with van der Waals surface area (Å²) in [6, 6.07) is 6.40. The molecule has 0 bridgehead atoms. The molecule has 0 radical (unpaired) electrons. The van der Waals surface area contributed by atoms with Crippen molar-refractivity contribution in [2.75, 3.05) is 11.1 Å². The maximum absolute atomic E-state index is 9.07. The highest BCUT2D eigenvalue weighted by Crippen LogP contribution is 2.34. The van der Waals surface area contributed by atoms with Crippen molar-refractivity contribution in [2.24, 2.45) is 5.92 Å². The summed E-state index contributed by atoms with van der Waals surface area (Å²) in [4.78, 5) is 1.25. The first-order chi connectivity index (χ1) is 8.63. The number of nitrogens with one attached hydrogen (secondary N) is 1. The van der Waals surface area contributed by atoms with Crippen LogP contribution >= 0.6 is 22.9 Å². The number of hydrogen-bond donors (Lipinski definition) is 2. The highest BCUT2D eigenvalue weighted by Gasteiger charge is 2.20. The molecular weight excluding hydrogens is 264 g/mol. The summed E-state index contributed by atoms with van der Waals surface area (Å²) >= 11 is 2.95.